The molecule has 0 unspecified atom stereocenters. The van der Waals surface area contributed by atoms with E-state index in [-0.39, 0.29) is 29.6 Å². The maximum absolute atomic E-state index is 13.0. The molecule has 0 atom stereocenters. The summed E-state index contributed by atoms with van der Waals surface area (Å²) in [6.07, 6.45) is 1.87. The molecule has 2 aromatic rings. The Bertz CT molecular complexity index is 777. The van der Waals surface area contributed by atoms with Gasteiger partial charge in [0.05, 0.1) is 6.61 Å². The summed E-state index contributed by atoms with van der Waals surface area (Å²) in [6, 6.07) is 5.43. The van der Waals surface area contributed by atoms with Gasteiger partial charge in [0.2, 0.25) is 5.69 Å². The maximum Gasteiger partial charge on any atom is 0.361 e. The molecule has 0 spiro atoms. The van der Waals surface area contributed by atoms with Crippen LogP contribution in [0.4, 0.5) is 0 Å². The second kappa shape index (κ2) is 6.28. The van der Waals surface area contributed by atoms with E-state index in [4.69, 9.17) is 9.26 Å². The zero-order valence-corrected chi connectivity index (χ0v) is 14.5. The van der Waals surface area contributed by atoms with E-state index in [0.717, 1.165) is 18.4 Å². The Kier molecular flexibility index (Phi) is 4.35. The van der Waals surface area contributed by atoms with Gasteiger partial charge in [-0.15, -0.1) is 0 Å². The number of hydrogen-bond donors (Lipinski definition) is 0. The molecule has 1 aromatic carbocycles. The van der Waals surface area contributed by atoms with E-state index in [1.807, 2.05) is 19.1 Å². The lowest BCUT2D eigenvalue weighted by molar-refractivity contribution is 0.0512. The Morgan fingerprint density at radius 3 is 2.78 bits per heavy atom. The van der Waals surface area contributed by atoms with Crippen LogP contribution in [-0.4, -0.2) is 23.5 Å². The number of benzene rings is 1. The van der Waals surface area contributed by atoms with Crippen molar-refractivity contribution in [3.8, 4) is 0 Å². The molecule has 120 valence electrons. The SMILES string of the molecule is CCOC(=O)c1noc(C2CC2)c1C(=O)c1cccc(C)c1Br. The number of rotatable bonds is 5. The minimum Gasteiger partial charge on any atom is -0.461 e. The summed E-state index contributed by atoms with van der Waals surface area (Å²) in [5.74, 6) is -0.248. The quantitative estimate of drug-likeness (QED) is 0.580. The number of hydrogen-bond acceptors (Lipinski definition) is 5. The van der Waals surface area contributed by atoms with Gasteiger partial charge in [-0.05, 0) is 54.2 Å². The van der Waals surface area contributed by atoms with Gasteiger partial charge in [0.15, 0.2) is 11.5 Å². The average Bonchev–Trinajstić information content (AvgIpc) is 3.28. The standard InChI is InChI=1S/C17H16BrNO4/c1-3-22-17(21)14-12(16(23-19-14)10-7-8-10)15(20)11-6-4-5-9(2)13(11)18/h4-6,10H,3,7-8H2,1-2H3. The minimum absolute atomic E-state index is 0.0350. The van der Waals surface area contributed by atoms with Gasteiger partial charge in [-0.3, -0.25) is 4.79 Å². The minimum atomic E-state index is -0.629. The molecule has 1 heterocycles. The summed E-state index contributed by atoms with van der Waals surface area (Å²) in [6.45, 7) is 3.83. The summed E-state index contributed by atoms with van der Waals surface area (Å²) < 4.78 is 11.0. The van der Waals surface area contributed by atoms with Crippen molar-refractivity contribution >= 4 is 27.7 Å². The van der Waals surface area contributed by atoms with Gasteiger partial charge < -0.3 is 9.26 Å². The van der Waals surface area contributed by atoms with Crippen molar-refractivity contribution in [1.82, 2.24) is 5.16 Å². The van der Waals surface area contributed by atoms with Crippen LogP contribution in [-0.2, 0) is 4.74 Å². The van der Waals surface area contributed by atoms with Gasteiger partial charge in [-0.2, -0.15) is 0 Å². The van der Waals surface area contributed by atoms with Gasteiger partial charge >= 0.3 is 5.97 Å². The topological polar surface area (TPSA) is 69.4 Å². The molecule has 1 saturated carbocycles. The molecule has 0 radical (unpaired) electrons. The molecule has 3 rings (SSSR count). The highest BCUT2D eigenvalue weighted by molar-refractivity contribution is 9.10. The summed E-state index contributed by atoms with van der Waals surface area (Å²) >= 11 is 3.45. The van der Waals surface area contributed by atoms with Gasteiger partial charge in [-0.25, -0.2) is 4.79 Å². The lowest BCUT2D eigenvalue weighted by Crippen LogP contribution is -2.13. The van der Waals surface area contributed by atoms with E-state index < -0.39 is 5.97 Å². The predicted octanol–water partition coefficient (Wildman–Crippen LogP) is 4.03. The first-order valence-electron chi connectivity index (χ1n) is 7.51. The molecule has 1 fully saturated rings. The highest BCUT2D eigenvalue weighted by Crippen LogP contribution is 2.43. The number of esters is 1. The average molecular weight is 378 g/mol. The number of nitrogens with zero attached hydrogens (tertiary/aromatic N) is 1. The van der Waals surface area contributed by atoms with Crippen LogP contribution < -0.4 is 0 Å². The molecule has 0 bridgehead atoms. The second-order valence-electron chi connectivity index (χ2n) is 5.53. The predicted molar refractivity (Wildman–Crippen MR) is 86.7 cm³/mol. The van der Waals surface area contributed by atoms with Gasteiger partial charge in [0.25, 0.3) is 0 Å². The Labute approximate surface area is 142 Å². The van der Waals surface area contributed by atoms with Crippen molar-refractivity contribution < 1.29 is 18.8 Å². The fourth-order valence-corrected chi connectivity index (χ4v) is 2.89. The van der Waals surface area contributed by atoms with Gasteiger partial charge in [0.1, 0.15) is 5.56 Å². The van der Waals surface area contributed by atoms with Crippen LogP contribution in [0.15, 0.2) is 27.2 Å². The Morgan fingerprint density at radius 1 is 1.39 bits per heavy atom. The normalized spacial score (nSPS) is 13.9. The molecule has 0 aliphatic heterocycles. The van der Waals surface area contributed by atoms with E-state index >= 15 is 0 Å². The number of aryl methyl sites for hydroxylation is 1. The highest BCUT2D eigenvalue weighted by atomic mass is 79.9. The number of carbonyl (C=O) groups excluding carboxylic acids is 2. The lowest BCUT2D eigenvalue weighted by Gasteiger charge is -2.07. The molecule has 6 heteroatoms. The molecular formula is C17H16BrNO4. The first-order valence-corrected chi connectivity index (χ1v) is 8.30. The second-order valence-corrected chi connectivity index (χ2v) is 6.32. The molecular weight excluding hydrogens is 362 g/mol. The third kappa shape index (κ3) is 2.95. The van der Waals surface area contributed by atoms with Crippen molar-refractivity contribution in [2.75, 3.05) is 6.61 Å². The number of halogens is 1. The van der Waals surface area contributed by atoms with Crippen LogP contribution in [0.2, 0.25) is 0 Å². The van der Waals surface area contributed by atoms with E-state index in [1.165, 1.54) is 0 Å². The monoisotopic (exact) mass is 377 g/mol. The van der Waals surface area contributed by atoms with E-state index in [1.54, 1.807) is 13.0 Å². The third-order valence-electron chi connectivity index (χ3n) is 3.80. The molecule has 0 saturated heterocycles. The smallest absolute Gasteiger partial charge is 0.361 e. The number of carbonyl (C=O) groups is 2. The summed E-state index contributed by atoms with van der Waals surface area (Å²) in [4.78, 5) is 25.1. The highest BCUT2D eigenvalue weighted by Gasteiger charge is 2.37. The van der Waals surface area contributed by atoms with E-state index in [9.17, 15) is 9.59 Å². The number of ether oxygens (including phenoxy) is 1. The fourth-order valence-electron chi connectivity index (χ4n) is 2.44. The van der Waals surface area contributed by atoms with E-state index in [2.05, 4.69) is 21.1 Å². The summed E-state index contributed by atoms with van der Waals surface area (Å²) in [5.41, 5.74) is 1.63. The van der Waals surface area contributed by atoms with Crippen LogP contribution in [0.5, 0.6) is 0 Å². The fraction of sp³-hybridized carbons (Fsp3) is 0.353. The molecule has 1 aliphatic carbocycles. The molecule has 0 amide bonds. The molecule has 1 aromatic heterocycles. The van der Waals surface area contributed by atoms with Crippen molar-refractivity contribution in [2.24, 2.45) is 0 Å². The van der Waals surface area contributed by atoms with Crippen LogP contribution in [0, 0.1) is 6.92 Å². The Hall–Kier alpha value is -1.95. The molecule has 23 heavy (non-hydrogen) atoms. The lowest BCUT2D eigenvalue weighted by atomic mass is 9.98. The van der Waals surface area contributed by atoms with Crippen molar-refractivity contribution in [1.29, 1.82) is 0 Å². The zero-order chi connectivity index (χ0) is 16.6. The first-order chi connectivity index (χ1) is 11.0. The number of aromatic nitrogens is 1. The van der Waals surface area contributed by atoms with Crippen LogP contribution in [0.25, 0.3) is 0 Å². The molecule has 5 nitrogen and oxygen atoms in total. The van der Waals surface area contributed by atoms with Crippen LogP contribution in [0.3, 0.4) is 0 Å². The summed E-state index contributed by atoms with van der Waals surface area (Å²) in [5, 5.41) is 3.81. The maximum atomic E-state index is 13.0. The first kappa shape index (κ1) is 15.9. The van der Waals surface area contributed by atoms with Crippen molar-refractivity contribution in [3.05, 3.63) is 50.8 Å². The largest absolute Gasteiger partial charge is 0.461 e. The third-order valence-corrected chi connectivity index (χ3v) is 4.85. The van der Waals surface area contributed by atoms with Crippen LogP contribution >= 0.6 is 15.9 Å². The molecule has 0 N–H and O–H groups in total. The summed E-state index contributed by atoms with van der Waals surface area (Å²) in [7, 11) is 0. The zero-order valence-electron chi connectivity index (χ0n) is 12.9. The van der Waals surface area contributed by atoms with Crippen molar-refractivity contribution in [3.63, 3.8) is 0 Å². The van der Waals surface area contributed by atoms with Crippen LogP contribution in [0.1, 0.15) is 63.4 Å². The van der Waals surface area contributed by atoms with Gasteiger partial charge in [0, 0.05) is 16.0 Å². The Balaban J connectivity index is 2.09. The number of ketones is 1. The Morgan fingerprint density at radius 2 is 2.13 bits per heavy atom. The van der Waals surface area contributed by atoms with E-state index in [0.29, 0.717) is 15.8 Å². The van der Waals surface area contributed by atoms with Crippen molar-refractivity contribution in [2.45, 2.75) is 32.6 Å². The molecule has 1 aliphatic rings. The van der Waals surface area contributed by atoms with Gasteiger partial charge in [-0.1, -0.05) is 17.3 Å².